The quantitative estimate of drug-likeness (QED) is 0.379. The number of hydrogen-bond donors (Lipinski definition) is 2. The lowest BCUT2D eigenvalue weighted by Gasteiger charge is -1.92. The van der Waals surface area contributed by atoms with Gasteiger partial charge < -0.3 is 9.84 Å². The molecule has 8 heteroatoms. The number of H-pyrrole nitrogens is 1. The maximum Gasteiger partial charge on any atom is 0.512 e. The topological polar surface area (TPSA) is 118 Å². The van der Waals surface area contributed by atoms with E-state index in [0.29, 0.717) is 0 Å². The summed E-state index contributed by atoms with van der Waals surface area (Å²) in [6, 6.07) is 0. The Morgan fingerprint density at radius 3 is 3.00 bits per heavy atom. The van der Waals surface area contributed by atoms with Crippen molar-refractivity contribution in [1.29, 1.82) is 0 Å². The summed E-state index contributed by atoms with van der Waals surface area (Å²) < 4.78 is 4.00. The summed E-state index contributed by atoms with van der Waals surface area (Å²) >= 11 is 0. The minimum Gasteiger partial charge on any atom is -0.449 e. The molecule has 0 fully saturated rings. The monoisotopic (exact) mass is 173 g/mol. The second-order valence-electron chi connectivity index (χ2n) is 1.71. The molecule has 0 spiro atoms. The second kappa shape index (κ2) is 2.86. The summed E-state index contributed by atoms with van der Waals surface area (Å²) in [5.74, 6) is -0.493. The molecule has 0 aliphatic rings. The lowest BCUT2D eigenvalue weighted by Crippen LogP contribution is -2.04. The van der Waals surface area contributed by atoms with Crippen molar-refractivity contribution in [3.05, 3.63) is 16.3 Å². The molecule has 0 aliphatic heterocycles. The molecule has 1 aromatic rings. The van der Waals surface area contributed by atoms with E-state index in [4.69, 9.17) is 5.11 Å². The molecule has 0 radical (unpaired) electrons. The molecule has 0 saturated carbocycles. The number of ether oxygens (including phenoxy) is 1. The average Bonchev–Trinajstić information content (AvgIpc) is 2.33. The van der Waals surface area contributed by atoms with Crippen LogP contribution in [-0.4, -0.2) is 26.4 Å². The van der Waals surface area contributed by atoms with Crippen LogP contribution in [0.4, 0.5) is 10.5 Å². The Hall–Kier alpha value is -2.12. The summed E-state index contributed by atoms with van der Waals surface area (Å²) in [5, 5.41) is 23.5. The highest BCUT2D eigenvalue weighted by Gasteiger charge is 2.19. The minimum absolute atomic E-state index is 0.493. The van der Waals surface area contributed by atoms with Crippen molar-refractivity contribution in [1.82, 2.24) is 10.2 Å². The van der Waals surface area contributed by atoms with Crippen molar-refractivity contribution in [3.63, 3.8) is 0 Å². The zero-order valence-electron chi connectivity index (χ0n) is 5.55. The van der Waals surface area contributed by atoms with Gasteiger partial charge in [-0.1, -0.05) is 0 Å². The summed E-state index contributed by atoms with van der Waals surface area (Å²) in [6.07, 6.45) is -0.777. The van der Waals surface area contributed by atoms with Gasteiger partial charge in [0, 0.05) is 0 Å². The molecule has 64 valence electrons. The fourth-order valence-electron chi connectivity index (χ4n) is 0.560. The predicted octanol–water partition coefficient (Wildman–Crippen LogP) is 0.375. The molecule has 0 amide bonds. The molecular formula is C4H3N3O5. The van der Waals surface area contributed by atoms with Crippen LogP contribution >= 0.6 is 0 Å². The maximum absolute atomic E-state index is 10.1. The van der Waals surface area contributed by atoms with E-state index in [2.05, 4.69) is 9.84 Å². The van der Waals surface area contributed by atoms with Crippen LogP contribution in [-0.2, 0) is 0 Å². The van der Waals surface area contributed by atoms with Crippen LogP contribution in [0.3, 0.4) is 0 Å². The highest BCUT2D eigenvalue weighted by molar-refractivity contribution is 5.62. The lowest BCUT2D eigenvalue weighted by atomic mass is 10.6. The third-order valence-electron chi connectivity index (χ3n) is 0.972. The van der Waals surface area contributed by atoms with Crippen LogP contribution in [0.15, 0.2) is 6.20 Å². The van der Waals surface area contributed by atoms with Gasteiger partial charge in [0.25, 0.3) is 0 Å². The Bertz CT molecular complexity index is 318. The first-order chi connectivity index (χ1) is 5.61. The zero-order chi connectivity index (χ0) is 9.14. The Morgan fingerprint density at radius 2 is 2.50 bits per heavy atom. The third kappa shape index (κ3) is 1.48. The molecule has 0 bridgehead atoms. The van der Waals surface area contributed by atoms with Gasteiger partial charge in [-0.05, 0) is 0 Å². The highest BCUT2D eigenvalue weighted by Crippen LogP contribution is 2.22. The van der Waals surface area contributed by atoms with Gasteiger partial charge in [0.2, 0.25) is 0 Å². The molecule has 0 unspecified atom stereocenters. The van der Waals surface area contributed by atoms with E-state index in [1.165, 1.54) is 0 Å². The molecule has 0 aromatic carbocycles. The standard InChI is InChI=1S/C4H3N3O5/c8-4(9)12-3-2(7(10)11)1-5-6-3/h1H,(H,5,6)(H,8,9). The lowest BCUT2D eigenvalue weighted by molar-refractivity contribution is -0.385. The summed E-state index contributed by atoms with van der Waals surface area (Å²) in [7, 11) is 0. The molecule has 1 rings (SSSR count). The van der Waals surface area contributed by atoms with Gasteiger partial charge in [0.05, 0.1) is 4.92 Å². The average molecular weight is 173 g/mol. The first-order valence-electron chi connectivity index (χ1n) is 2.70. The first-order valence-corrected chi connectivity index (χ1v) is 2.70. The van der Waals surface area contributed by atoms with Crippen LogP contribution < -0.4 is 4.74 Å². The highest BCUT2D eigenvalue weighted by atomic mass is 16.7. The van der Waals surface area contributed by atoms with Gasteiger partial charge in [-0.3, -0.25) is 10.1 Å². The molecule has 1 aromatic heterocycles. The number of carboxylic acid groups (broad SMARTS) is 1. The minimum atomic E-state index is -1.64. The van der Waals surface area contributed by atoms with Crippen LogP contribution in [0.1, 0.15) is 0 Å². The van der Waals surface area contributed by atoms with Gasteiger partial charge in [-0.15, -0.1) is 0 Å². The molecule has 0 atom stereocenters. The smallest absolute Gasteiger partial charge is 0.449 e. The van der Waals surface area contributed by atoms with Crippen molar-refractivity contribution in [2.75, 3.05) is 0 Å². The van der Waals surface area contributed by atoms with Gasteiger partial charge >= 0.3 is 17.7 Å². The molecule has 2 N–H and O–H groups in total. The third-order valence-corrected chi connectivity index (χ3v) is 0.972. The molecule has 8 nitrogen and oxygen atoms in total. The maximum atomic E-state index is 10.1. The van der Waals surface area contributed by atoms with E-state index in [0.717, 1.165) is 6.20 Å². The number of rotatable bonds is 2. The fraction of sp³-hybridized carbons (Fsp3) is 0. The van der Waals surface area contributed by atoms with Gasteiger partial charge in [-0.25, -0.2) is 9.89 Å². The first kappa shape index (κ1) is 7.98. The van der Waals surface area contributed by atoms with E-state index in [1.54, 1.807) is 0 Å². The number of nitrogens with one attached hydrogen (secondary N) is 1. The number of aromatic nitrogens is 2. The summed E-state index contributed by atoms with van der Waals surface area (Å²) in [5.41, 5.74) is -0.516. The van der Waals surface area contributed by atoms with Crippen molar-refractivity contribution in [2.45, 2.75) is 0 Å². The molecule has 0 saturated heterocycles. The van der Waals surface area contributed by atoms with Crippen LogP contribution in [0.5, 0.6) is 5.88 Å². The zero-order valence-corrected chi connectivity index (χ0v) is 5.55. The van der Waals surface area contributed by atoms with Crippen molar-refractivity contribution < 1.29 is 19.6 Å². The van der Waals surface area contributed by atoms with E-state index >= 15 is 0 Å². The molecule has 12 heavy (non-hydrogen) atoms. The van der Waals surface area contributed by atoms with Gasteiger partial charge in [0.15, 0.2) is 0 Å². The Morgan fingerprint density at radius 1 is 1.83 bits per heavy atom. The Labute approximate surface area is 64.9 Å². The largest absolute Gasteiger partial charge is 0.512 e. The molecular weight excluding hydrogens is 170 g/mol. The number of nitro groups is 1. The predicted molar refractivity (Wildman–Crippen MR) is 33.9 cm³/mol. The Balaban J connectivity index is 2.91. The van der Waals surface area contributed by atoms with E-state index in [1.807, 2.05) is 5.10 Å². The van der Waals surface area contributed by atoms with Crippen molar-refractivity contribution in [3.8, 4) is 5.88 Å². The van der Waals surface area contributed by atoms with E-state index < -0.39 is 22.6 Å². The molecule has 1 heterocycles. The van der Waals surface area contributed by atoms with E-state index in [9.17, 15) is 14.9 Å². The number of hydrogen-bond acceptors (Lipinski definition) is 5. The number of aromatic amines is 1. The van der Waals surface area contributed by atoms with E-state index in [-0.39, 0.29) is 0 Å². The summed E-state index contributed by atoms with van der Waals surface area (Å²) in [4.78, 5) is 19.3. The van der Waals surface area contributed by atoms with Gasteiger partial charge in [-0.2, -0.15) is 5.10 Å². The van der Waals surface area contributed by atoms with Crippen LogP contribution in [0.2, 0.25) is 0 Å². The second-order valence-corrected chi connectivity index (χ2v) is 1.71. The number of carbonyl (C=O) groups is 1. The van der Waals surface area contributed by atoms with Crippen LogP contribution in [0.25, 0.3) is 0 Å². The van der Waals surface area contributed by atoms with Crippen LogP contribution in [0, 0.1) is 10.1 Å². The Kier molecular flexibility index (Phi) is 1.90. The molecule has 0 aliphatic carbocycles. The van der Waals surface area contributed by atoms with Crippen molar-refractivity contribution in [2.24, 2.45) is 0 Å². The number of nitrogens with zero attached hydrogens (tertiary/aromatic N) is 2. The normalized spacial score (nSPS) is 9.33. The van der Waals surface area contributed by atoms with Crippen molar-refractivity contribution >= 4 is 11.8 Å². The summed E-state index contributed by atoms with van der Waals surface area (Å²) in [6.45, 7) is 0. The SMILES string of the molecule is O=C(O)Oc1[nH]ncc1[N+](=O)[O-]. The fourth-order valence-corrected chi connectivity index (χ4v) is 0.560. The van der Waals surface area contributed by atoms with Gasteiger partial charge in [0.1, 0.15) is 6.20 Å².